The first-order valence-corrected chi connectivity index (χ1v) is 6.64. The molecule has 0 spiro atoms. The number of rotatable bonds is 2. The zero-order valence-electron chi connectivity index (χ0n) is 11.1. The molecule has 0 radical (unpaired) electrons. The highest BCUT2D eigenvalue weighted by atomic mass is 35.5. The van der Waals surface area contributed by atoms with E-state index in [1.807, 2.05) is 6.07 Å². The Morgan fingerprint density at radius 2 is 2.19 bits per heavy atom. The number of aromatic nitrogens is 2. The molecule has 0 bridgehead atoms. The first-order valence-electron chi connectivity index (χ1n) is 6.27. The van der Waals surface area contributed by atoms with Gasteiger partial charge in [0.15, 0.2) is 0 Å². The van der Waals surface area contributed by atoms with Crippen LogP contribution in [0.1, 0.15) is 22.8 Å². The SMILES string of the molecule is CC(=O)Nc1ccc(-c2ccnc(Cl)n2)c2c1C(=O)NC2. The smallest absolute Gasteiger partial charge is 0.254 e. The highest BCUT2D eigenvalue weighted by Crippen LogP contribution is 2.33. The van der Waals surface area contributed by atoms with E-state index in [1.165, 1.54) is 6.92 Å². The number of hydrogen-bond donors (Lipinski definition) is 2. The van der Waals surface area contributed by atoms with Gasteiger partial charge in [-0.2, -0.15) is 0 Å². The van der Waals surface area contributed by atoms with E-state index in [2.05, 4.69) is 20.6 Å². The third-order valence-corrected chi connectivity index (χ3v) is 3.36. The van der Waals surface area contributed by atoms with Crippen molar-refractivity contribution in [2.75, 3.05) is 5.32 Å². The molecule has 0 atom stereocenters. The maximum atomic E-state index is 12.0. The van der Waals surface area contributed by atoms with Gasteiger partial charge in [-0.3, -0.25) is 9.59 Å². The van der Waals surface area contributed by atoms with Gasteiger partial charge in [0, 0.05) is 25.2 Å². The number of hydrogen-bond acceptors (Lipinski definition) is 4. The van der Waals surface area contributed by atoms with E-state index in [-0.39, 0.29) is 17.1 Å². The third-order valence-electron chi connectivity index (χ3n) is 3.18. The number of carbonyl (C=O) groups is 2. The summed E-state index contributed by atoms with van der Waals surface area (Å²) >= 11 is 5.81. The average Bonchev–Trinajstić information content (AvgIpc) is 2.81. The van der Waals surface area contributed by atoms with E-state index in [9.17, 15) is 9.59 Å². The van der Waals surface area contributed by atoms with Crippen LogP contribution in [-0.4, -0.2) is 21.8 Å². The number of amides is 2. The molecule has 3 rings (SSSR count). The van der Waals surface area contributed by atoms with Gasteiger partial charge in [0.2, 0.25) is 11.2 Å². The van der Waals surface area contributed by atoms with E-state index < -0.39 is 0 Å². The standard InChI is InChI=1S/C14H11ClN4O2/c1-7(20)18-11-3-2-8(9-6-17-13(21)12(9)11)10-4-5-16-14(15)19-10/h2-5H,6H2,1H3,(H,17,21)(H,18,20). The van der Waals surface area contributed by atoms with E-state index in [4.69, 9.17) is 11.6 Å². The molecule has 0 saturated heterocycles. The van der Waals surface area contributed by atoms with Crippen LogP contribution in [0.15, 0.2) is 24.4 Å². The van der Waals surface area contributed by atoms with Crippen LogP contribution in [0.3, 0.4) is 0 Å². The fraction of sp³-hybridized carbons (Fsp3) is 0.143. The van der Waals surface area contributed by atoms with Crippen LogP contribution in [0.2, 0.25) is 5.28 Å². The zero-order chi connectivity index (χ0) is 15.0. The molecule has 7 heteroatoms. The molecular weight excluding hydrogens is 292 g/mol. The Balaban J connectivity index is 2.17. The lowest BCUT2D eigenvalue weighted by molar-refractivity contribution is -0.114. The number of nitrogens with zero attached hydrogens (tertiary/aromatic N) is 2. The second kappa shape index (κ2) is 5.14. The van der Waals surface area contributed by atoms with Crippen molar-refractivity contribution >= 4 is 29.1 Å². The molecule has 0 fully saturated rings. The first kappa shape index (κ1) is 13.5. The highest BCUT2D eigenvalue weighted by Gasteiger charge is 2.26. The fourth-order valence-corrected chi connectivity index (χ4v) is 2.51. The van der Waals surface area contributed by atoms with Crippen molar-refractivity contribution < 1.29 is 9.59 Å². The summed E-state index contributed by atoms with van der Waals surface area (Å²) in [5.41, 5.74) is 3.19. The normalized spacial score (nSPS) is 12.8. The van der Waals surface area contributed by atoms with Gasteiger partial charge in [0.1, 0.15) is 0 Å². The third kappa shape index (κ3) is 2.45. The minimum atomic E-state index is -0.227. The maximum absolute atomic E-state index is 12.0. The van der Waals surface area contributed by atoms with Gasteiger partial charge < -0.3 is 10.6 Å². The summed E-state index contributed by atoms with van der Waals surface area (Å²) in [4.78, 5) is 31.2. The number of fused-ring (bicyclic) bond motifs is 1. The number of carbonyl (C=O) groups excluding carboxylic acids is 2. The second-order valence-corrected chi connectivity index (χ2v) is 4.93. The van der Waals surface area contributed by atoms with Gasteiger partial charge in [0.05, 0.1) is 16.9 Å². The van der Waals surface area contributed by atoms with Crippen LogP contribution in [-0.2, 0) is 11.3 Å². The van der Waals surface area contributed by atoms with E-state index >= 15 is 0 Å². The Morgan fingerprint density at radius 1 is 1.38 bits per heavy atom. The van der Waals surface area contributed by atoms with Crippen molar-refractivity contribution in [3.8, 4) is 11.3 Å². The van der Waals surface area contributed by atoms with Gasteiger partial charge in [-0.15, -0.1) is 0 Å². The van der Waals surface area contributed by atoms with Crippen molar-refractivity contribution in [2.24, 2.45) is 0 Å². The summed E-state index contributed by atoms with van der Waals surface area (Å²) in [7, 11) is 0. The van der Waals surface area contributed by atoms with Crippen LogP contribution < -0.4 is 10.6 Å². The summed E-state index contributed by atoms with van der Waals surface area (Å²) in [5.74, 6) is -0.439. The second-order valence-electron chi connectivity index (χ2n) is 4.59. The topological polar surface area (TPSA) is 84.0 Å². The maximum Gasteiger partial charge on any atom is 0.254 e. The quantitative estimate of drug-likeness (QED) is 0.831. The number of halogens is 1. The predicted octanol–water partition coefficient (Wildman–Crippen LogP) is 2.00. The molecule has 1 aromatic heterocycles. The molecule has 1 aliphatic rings. The fourth-order valence-electron chi connectivity index (χ4n) is 2.37. The number of nitrogens with one attached hydrogen (secondary N) is 2. The molecule has 0 unspecified atom stereocenters. The molecule has 2 heterocycles. The lowest BCUT2D eigenvalue weighted by atomic mass is 9.98. The minimum Gasteiger partial charge on any atom is -0.348 e. The van der Waals surface area contributed by atoms with E-state index in [0.29, 0.717) is 23.5 Å². The Morgan fingerprint density at radius 3 is 2.90 bits per heavy atom. The molecule has 21 heavy (non-hydrogen) atoms. The van der Waals surface area contributed by atoms with Crippen molar-refractivity contribution in [3.05, 3.63) is 40.8 Å². The molecule has 2 amide bonds. The summed E-state index contributed by atoms with van der Waals surface area (Å²) in [5, 5.41) is 5.57. The van der Waals surface area contributed by atoms with Crippen molar-refractivity contribution in [1.82, 2.24) is 15.3 Å². The van der Waals surface area contributed by atoms with Gasteiger partial charge in [0.25, 0.3) is 5.91 Å². The van der Waals surface area contributed by atoms with Crippen molar-refractivity contribution in [2.45, 2.75) is 13.5 Å². The van der Waals surface area contributed by atoms with Crippen molar-refractivity contribution in [3.63, 3.8) is 0 Å². The molecule has 1 aliphatic heterocycles. The van der Waals surface area contributed by atoms with Crippen LogP contribution in [0.5, 0.6) is 0 Å². The van der Waals surface area contributed by atoms with Crippen LogP contribution in [0, 0.1) is 0 Å². The summed E-state index contributed by atoms with van der Waals surface area (Å²) < 4.78 is 0. The molecule has 2 aromatic rings. The number of benzene rings is 1. The lowest BCUT2D eigenvalue weighted by Crippen LogP contribution is -2.15. The molecule has 1 aromatic carbocycles. The monoisotopic (exact) mass is 302 g/mol. The Labute approximate surface area is 125 Å². The molecule has 2 N–H and O–H groups in total. The lowest BCUT2D eigenvalue weighted by Gasteiger charge is -2.11. The number of anilines is 1. The Kier molecular flexibility index (Phi) is 3.31. The van der Waals surface area contributed by atoms with Crippen LogP contribution in [0.4, 0.5) is 5.69 Å². The summed E-state index contributed by atoms with van der Waals surface area (Å²) in [6.45, 7) is 1.79. The van der Waals surface area contributed by atoms with Gasteiger partial charge >= 0.3 is 0 Å². The Bertz CT molecular complexity index is 761. The van der Waals surface area contributed by atoms with Crippen LogP contribution >= 0.6 is 11.6 Å². The molecule has 106 valence electrons. The van der Waals surface area contributed by atoms with Gasteiger partial charge in [-0.05, 0) is 29.3 Å². The average molecular weight is 303 g/mol. The molecule has 6 nitrogen and oxygen atoms in total. The van der Waals surface area contributed by atoms with Gasteiger partial charge in [-0.25, -0.2) is 9.97 Å². The first-order chi connectivity index (χ1) is 10.1. The summed E-state index contributed by atoms with van der Waals surface area (Å²) in [6, 6.07) is 5.22. The van der Waals surface area contributed by atoms with E-state index in [0.717, 1.165) is 11.1 Å². The largest absolute Gasteiger partial charge is 0.348 e. The Hall–Kier alpha value is -2.47. The summed E-state index contributed by atoms with van der Waals surface area (Å²) in [6.07, 6.45) is 1.56. The molecular formula is C14H11ClN4O2. The predicted molar refractivity (Wildman–Crippen MR) is 78.0 cm³/mol. The van der Waals surface area contributed by atoms with Crippen molar-refractivity contribution in [1.29, 1.82) is 0 Å². The minimum absolute atomic E-state index is 0.143. The van der Waals surface area contributed by atoms with E-state index in [1.54, 1.807) is 18.3 Å². The molecule has 0 aliphatic carbocycles. The van der Waals surface area contributed by atoms with Crippen LogP contribution in [0.25, 0.3) is 11.3 Å². The highest BCUT2D eigenvalue weighted by molar-refractivity contribution is 6.28. The zero-order valence-corrected chi connectivity index (χ0v) is 11.9. The molecule has 0 saturated carbocycles. The van der Waals surface area contributed by atoms with Gasteiger partial charge in [-0.1, -0.05) is 6.07 Å².